The molecule has 1 heterocycles. The molecule has 0 bridgehead atoms. The van der Waals surface area contributed by atoms with Crippen LogP contribution in [-0.2, 0) is 12.8 Å². The first kappa shape index (κ1) is 20.2. The second-order valence-corrected chi connectivity index (χ2v) is 9.09. The van der Waals surface area contributed by atoms with Gasteiger partial charge in [-0.1, -0.05) is 60.7 Å². The zero-order chi connectivity index (χ0) is 23.4. The van der Waals surface area contributed by atoms with E-state index in [4.69, 9.17) is 14.2 Å². The molecule has 0 saturated heterocycles. The van der Waals surface area contributed by atoms with Crippen LogP contribution in [0.5, 0.6) is 28.7 Å². The highest BCUT2D eigenvalue weighted by Crippen LogP contribution is 2.54. The number of ether oxygens (including phenoxy) is 3. The lowest BCUT2D eigenvalue weighted by Gasteiger charge is -2.26. The van der Waals surface area contributed by atoms with Gasteiger partial charge in [-0.05, 0) is 71.7 Å². The molecule has 5 aromatic carbocycles. The molecule has 170 valence electrons. The van der Waals surface area contributed by atoms with Crippen molar-refractivity contribution in [1.29, 1.82) is 0 Å². The highest BCUT2D eigenvalue weighted by molar-refractivity contribution is 6.13. The Balaban J connectivity index is 1.52. The van der Waals surface area contributed by atoms with Gasteiger partial charge < -0.3 is 14.2 Å². The molecule has 0 spiro atoms. The van der Waals surface area contributed by atoms with Crippen LogP contribution in [-0.4, -0.2) is 7.11 Å². The van der Waals surface area contributed by atoms with Gasteiger partial charge in [-0.15, -0.1) is 0 Å². The van der Waals surface area contributed by atoms with Crippen LogP contribution in [0.2, 0.25) is 0 Å². The Kier molecular flexibility index (Phi) is 4.56. The van der Waals surface area contributed by atoms with Crippen LogP contribution in [0.4, 0.5) is 0 Å². The van der Waals surface area contributed by atoms with E-state index in [9.17, 15) is 0 Å². The van der Waals surface area contributed by atoms with E-state index in [1.807, 2.05) is 42.5 Å². The van der Waals surface area contributed by atoms with Crippen molar-refractivity contribution < 1.29 is 14.2 Å². The summed E-state index contributed by atoms with van der Waals surface area (Å²) in [6.45, 7) is 0. The van der Waals surface area contributed by atoms with Gasteiger partial charge in [0.2, 0.25) is 0 Å². The minimum Gasteiger partial charge on any atom is -0.493 e. The average molecular weight is 457 g/mol. The largest absolute Gasteiger partial charge is 0.493 e. The monoisotopic (exact) mass is 456 g/mol. The zero-order valence-electron chi connectivity index (χ0n) is 19.5. The molecule has 2 aliphatic rings. The Morgan fingerprint density at radius 2 is 1.26 bits per heavy atom. The lowest BCUT2D eigenvalue weighted by atomic mass is 9.83. The van der Waals surface area contributed by atoms with Crippen LogP contribution in [0.3, 0.4) is 0 Å². The van der Waals surface area contributed by atoms with Crippen molar-refractivity contribution in [3.05, 3.63) is 102 Å². The second-order valence-electron chi connectivity index (χ2n) is 9.09. The molecule has 0 radical (unpaired) electrons. The molecule has 0 saturated carbocycles. The van der Waals surface area contributed by atoms with E-state index in [0.717, 1.165) is 47.8 Å². The molecule has 3 heteroatoms. The fourth-order valence-electron chi connectivity index (χ4n) is 5.76. The molecule has 0 fully saturated rings. The molecule has 1 aliphatic carbocycles. The van der Waals surface area contributed by atoms with Crippen LogP contribution in [0.15, 0.2) is 91.0 Å². The highest BCUT2D eigenvalue weighted by Gasteiger charge is 2.30. The van der Waals surface area contributed by atoms with Crippen molar-refractivity contribution in [3.63, 3.8) is 0 Å². The van der Waals surface area contributed by atoms with E-state index in [0.29, 0.717) is 5.75 Å². The normalized spacial score (nSPS) is 13.2. The zero-order valence-corrected chi connectivity index (χ0v) is 19.5. The van der Waals surface area contributed by atoms with E-state index < -0.39 is 0 Å². The first-order valence-electron chi connectivity index (χ1n) is 12.1. The Bertz CT molecular complexity index is 1620. The minimum atomic E-state index is 0.707. The van der Waals surface area contributed by atoms with Gasteiger partial charge in [-0.25, -0.2) is 0 Å². The first-order valence-corrected chi connectivity index (χ1v) is 12.1. The Morgan fingerprint density at radius 1 is 0.600 bits per heavy atom. The Hall–Kier alpha value is -4.24. The molecular weight excluding hydrogens is 432 g/mol. The van der Waals surface area contributed by atoms with Gasteiger partial charge in [0, 0.05) is 22.1 Å². The van der Waals surface area contributed by atoms with Gasteiger partial charge in [0.1, 0.15) is 17.2 Å². The third-order valence-corrected chi connectivity index (χ3v) is 7.19. The van der Waals surface area contributed by atoms with Crippen LogP contribution in [0.1, 0.15) is 17.5 Å². The molecule has 0 aromatic heterocycles. The topological polar surface area (TPSA) is 27.7 Å². The lowest BCUT2D eigenvalue weighted by Crippen LogP contribution is -2.03. The smallest absolute Gasteiger partial charge is 0.169 e. The standard InChI is InChI=1S/C32H24O3/c1-33-27-17-6-7-18-28(27)34-25-15-4-2-10-22(25)30-20-12-8-13-21(20)31-23-11-3-5-16-26(23)35-29-19-9-14-24(30)32(29)31/h2-7,9-11,14-19H,8,12-13H2,1H3. The third-order valence-electron chi connectivity index (χ3n) is 7.19. The van der Waals surface area contributed by atoms with E-state index in [-0.39, 0.29) is 0 Å². The van der Waals surface area contributed by atoms with E-state index in [1.54, 1.807) is 7.11 Å². The first-order chi connectivity index (χ1) is 17.3. The quantitative estimate of drug-likeness (QED) is 0.266. The van der Waals surface area contributed by atoms with E-state index >= 15 is 0 Å². The van der Waals surface area contributed by atoms with Gasteiger partial charge in [0.05, 0.1) is 7.11 Å². The van der Waals surface area contributed by atoms with Gasteiger partial charge >= 0.3 is 0 Å². The van der Waals surface area contributed by atoms with Gasteiger partial charge in [0.15, 0.2) is 11.5 Å². The number of fused-ring (bicyclic) bond motifs is 4. The minimum absolute atomic E-state index is 0.707. The summed E-state index contributed by atoms with van der Waals surface area (Å²) in [5, 5.41) is 2.41. The number of rotatable bonds is 4. The summed E-state index contributed by atoms with van der Waals surface area (Å²) in [7, 11) is 1.67. The second kappa shape index (κ2) is 7.92. The maximum atomic E-state index is 6.50. The SMILES string of the molecule is COc1ccccc1Oc1ccccc1-c1c2c(c3c4c(cccc14)Oc1ccccc1-3)CCC2. The Morgan fingerprint density at radius 3 is 2.09 bits per heavy atom. The molecule has 3 nitrogen and oxygen atoms in total. The summed E-state index contributed by atoms with van der Waals surface area (Å²) in [5.41, 5.74) is 7.77. The molecule has 0 unspecified atom stereocenters. The molecular formula is C32H24O3. The maximum absolute atomic E-state index is 6.50. The number of hydrogen-bond acceptors (Lipinski definition) is 3. The van der Waals surface area contributed by atoms with Gasteiger partial charge in [-0.3, -0.25) is 0 Å². The van der Waals surface area contributed by atoms with Crippen LogP contribution in [0, 0.1) is 0 Å². The summed E-state index contributed by atoms with van der Waals surface area (Å²) in [5.74, 6) is 4.11. The average Bonchev–Trinajstić information content (AvgIpc) is 3.39. The molecule has 35 heavy (non-hydrogen) atoms. The highest BCUT2D eigenvalue weighted by atomic mass is 16.5. The fourth-order valence-corrected chi connectivity index (χ4v) is 5.76. The molecule has 0 atom stereocenters. The van der Waals surface area contributed by atoms with Crippen molar-refractivity contribution in [2.45, 2.75) is 19.3 Å². The number of hydrogen-bond donors (Lipinski definition) is 0. The molecule has 5 aromatic rings. The van der Waals surface area contributed by atoms with Crippen molar-refractivity contribution in [2.24, 2.45) is 0 Å². The predicted molar refractivity (Wildman–Crippen MR) is 140 cm³/mol. The fraction of sp³-hybridized carbons (Fsp3) is 0.125. The van der Waals surface area contributed by atoms with Crippen LogP contribution < -0.4 is 14.2 Å². The third kappa shape index (κ3) is 3.05. The number of benzene rings is 5. The summed E-state index contributed by atoms with van der Waals surface area (Å²) in [4.78, 5) is 0. The lowest BCUT2D eigenvalue weighted by molar-refractivity contribution is 0.379. The molecule has 0 N–H and O–H groups in total. The number of para-hydroxylation sites is 4. The molecule has 1 aliphatic heterocycles. The van der Waals surface area contributed by atoms with Crippen LogP contribution in [0.25, 0.3) is 33.0 Å². The molecule has 7 rings (SSSR count). The van der Waals surface area contributed by atoms with Crippen molar-refractivity contribution >= 4 is 10.8 Å². The predicted octanol–water partition coefficient (Wildman–Crippen LogP) is 8.57. The summed E-state index contributed by atoms with van der Waals surface area (Å²) in [6.07, 6.45) is 3.29. The van der Waals surface area contributed by atoms with Crippen molar-refractivity contribution in [1.82, 2.24) is 0 Å². The van der Waals surface area contributed by atoms with Crippen molar-refractivity contribution in [2.75, 3.05) is 7.11 Å². The summed E-state index contributed by atoms with van der Waals surface area (Å²) in [6, 6.07) is 31.0. The van der Waals surface area contributed by atoms with Gasteiger partial charge in [0.25, 0.3) is 0 Å². The maximum Gasteiger partial charge on any atom is 0.169 e. The van der Waals surface area contributed by atoms with Crippen LogP contribution >= 0.6 is 0 Å². The van der Waals surface area contributed by atoms with Gasteiger partial charge in [-0.2, -0.15) is 0 Å². The number of methoxy groups -OCH3 is 1. The summed E-state index contributed by atoms with van der Waals surface area (Å²) >= 11 is 0. The molecule has 0 amide bonds. The Labute approximate surface area is 204 Å². The van der Waals surface area contributed by atoms with E-state index in [1.165, 1.54) is 38.6 Å². The van der Waals surface area contributed by atoms with Crippen molar-refractivity contribution in [3.8, 4) is 51.0 Å². The van der Waals surface area contributed by atoms with E-state index in [2.05, 4.69) is 48.5 Å². The summed E-state index contributed by atoms with van der Waals surface area (Å²) < 4.78 is 18.5.